The van der Waals surface area contributed by atoms with Crippen LogP contribution in [-0.2, 0) is 0 Å². The predicted molar refractivity (Wildman–Crippen MR) is 31.9 cm³/mol. The minimum Gasteiger partial charge on any atom is -0.375 e. The minimum absolute atomic E-state index is 0.225. The molecule has 0 aliphatic rings. The topological polar surface area (TPSA) is 67.3 Å². The summed E-state index contributed by atoms with van der Waals surface area (Å²) in [5, 5.41) is 1.55. The van der Waals surface area contributed by atoms with Crippen molar-refractivity contribution in [1.82, 2.24) is 10.5 Å². The zero-order valence-corrected chi connectivity index (χ0v) is 4.83. The molecule has 42 valence electrons. The summed E-state index contributed by atoms with van der Waals surface area (Å²) in [4.78, 5) is 0. The van der Waals surface area contributed by atoms with E-state index in [4.69, 9.17) is 11.6 Å². The third kappa shape index (κ3) is 2.32. The predicted octanol–water partition coefficient (Wildman–Crippen LogP) is -1.46. The molecule has 4 nitrogen and oxygen atoms in total. The molecule has 0 saturated heterocycles. The van der Waals surface area contributed by atoms with Crippen molar-refractivity contribution in [1.29, 1.82) is 0 Å². The molecule has 0 aromatic carbocycles. The first kappa shape index (κ1) is 6.61. The highest BCUT2D eigenvalue weighted by Gasteiger charge is 1.89. The van der Waals surface area contributed by atoms with Gasteiger partial charge in [-0.1, -0.05) is 0 Å². The molecular formula is C2H8N4S. The molecule has 0 amide bonds. The number of nitrogens with one attached hydrogen (secondary N) is 1. The van der Waals surface area contributed by atoms with Crippen molar-refractivity contribution in [2.24, 2.45) is 11.6 Å². The molecule has 0 radical (unpaired) electrons. The van der Waals surface area contributed by atoms with Crippen molar-refractivity contribution < 1.29 is 0 Å². The van der Waals surface area contributed by atoms with E-state index in [0.29, 0.717) is 0 Å². The van der Waals surface area contributed by atoms with E-state index in [-0.39, 0.29) is 5.11 Å². The molecule has 0 bridgehead atoms. The molecule has 0 fully saturated rings. The molecule has 0 spiro atoms. The van der Waals surface area contributed by atoms with Crippen molar-refractivity contribution in [3.63, 3.8) is 0 Å². The van der Waals surface area contributed by atoms with Crippen LogP contribution in [0.5, 0.6) is 0 Å². The average molecular weight is 120 g/mol. The first-order valence-corrected chi connectivity index (χ1v) is 2.08. The largest absolute Gasteiger partial charge is 0.375 e. The van der Waals surface area contributed by atoms with Gasteiger partial charge in [-0.15, -0.1) is 0 Å². The van der Waals surface area contributed by atoms with Crippen LogP contribution in [-0.4, -0.2) is 17.2 Å². The Kier molecular flexibility index (Phi) is 2.58. The number of hydrogen-bond donors (Lipinski definition) is 3. The fourth-order valence-corrected chi connectivity index (χ4v) is 0.116. The van der Waals surface area contributed by atoms with Gasteiger partial charge in [-0.25, -0.2) is 0 Å². The van der Waals surface area contributed by atoms with Crippen molar-refractivity contribution in [3.05, 3.63) is 0 Å². The fourth-order valence-electron chi connectivity index (χ4n) is 0.0636. The van der Waals surface area contributed by atoms with Gasteiger partial charge in [-0.3, -0.25) is 10.9 Å². The van der Waals surface area contributed by atoms with Crippen LogP contribution in [0.1, 0.15) is 0 Å². The van der Waals surface area contributed by atoms with Crippen LogP contribution >= 0.6 is 12.2 Å². The van der Waals surface area contributed by atoms with E-state index in [1.165, 1.54) is 5.01 Å². The van der Waals surface area contributed by atoms with E-state index in [1.54, 1.807) is 7.05 Å². The smallest absolute Gasteiger partial charge is 0.181 e. The highest BCUT2D eigenvalue weighted by atomic mass is 32.1. The van der Waals surface area contributed by atoms with E-state index >= 15 is 0 Å². The van der Waals surface area contributed by atoms with E-state index in [0.717, 1.165) is 0 Å². The van der Waals surface area contributed by atoms with Gasteiger partial charge in [0.15, 0.2) is 5.11 Å². The quantitative estimate of drug-likeness (QED) is 0.224. The molecule has 0 aliphatic carbocycles. The first-order chi connectivity index (χ1) is 3.18. The lowest BCUT2D eigenvalue weighted by Crippen LogP contribution is -2.46. The second kappa shape index (κ2) is 2.73. The summed E-state index contributed by atoms with van der Waals surface area (Å²) in [6.07, 6.45) is 0. The third-order valence-electron chi connectivity index (χ3n) is 0.524. The number of hydrazine groups is 2. The molecule has 0 aromatic heterocycles. The summed E-state index contributed by atoms with van der Waals surface area (Å²) in [6.45, 7) is 0. The zero-order valence-electron chi connectivity index (χ0n) is 4.01. The lowest BCUT2D eigenvalue weighted by molar-refractivity contribution is 0.379. The number of thiocarbonyl (C=S) groups is 1. The Morgan fingerprint density at radius 3 is 2.29 bits per heavy atom. The van der Waals surface area contributed by atoms with Crippen LogP contribution in [0, 0.1) is 0 Å². The van der Waals surface area contributed by atoms with Crippen molar-refractivity contribution in [2.45, 2.75) is 0 Å². The second-order valence-corrected chi connectivity index (χ2v) is 1.44. The Bertz CT molecular complexity index is 72.1. The van der Waals surface area contributed by atoms with Gasteiger partial charge < -0.3 is 5.73 Å². The lowest BCUT2D eigenvalue weighted by Gasteiger charge is -2.12. The van der Waals surface area contributed by atoms with E-state index < -0.39 is 0 Å². The number of nitrogens with zero attached hydrogens (tertiary/aromatic N) is 1. The molecule has 5 N–H and O–H groups in total. The van der Waals surface area contributed by atoms with Gasteiger partial charge in [0.05, 0.1) is 0 Å². The third-order valence-corrected chi connectivity index (χ3v) is 0.798. The molecule has 0 atom stereocenters. The maximum atomic E-state index is 5.06. The molecule has 0 heterocycles. The summed E-state index contributed by atoms with van der Waals surface area (Å²) in [5.41, 5.74) is 7.29. The summed E-state index contributed by atoms with van der Waals surface area (Å²) in [6, 6.07) is 0. The van der Waals surface area contributed by atoms with Crippen LogP contribution in [0.2, 0.25) is 0 Å². The van der Waals surface area contributed by atoms with E-state index in [9.17, 15) is 0 Å². The summed E-state index contributed by atoms with van der Waals surface area (Å²) >= 11 is 4.48. The van der Waals surface area contributed by atoms with Gasteiger partial charge in [0, 0.05) is 7.05 Å². The highest BCUT2D eigenvalue weighted by Crippen LogP contribution is 1.66. The standard InChI is InChI=1S/C2H8N4S/c1-6(5-4)2(3)7/h5H,4H2,1H3,(H2,3,7). The molecular weight excluding hydrogens is 112 g/mol. The van der Waals surface area contributed by atoms with E-state index in [2.05, 4.69) is 17.8 Å². The molecule has 0 rings (SSSR count). The fraction of sp³-hybridized carbons (Fsp3) is 0.500. The van der Waals surface area contributed by atoms with Crippen molar-refractivity contribution in [2.75, 3.05) is 7.05 Å². The zero-order chi connectivity index (χ0) is 5.86. The summed E-state index contributed by atoms with van der Waals surface area (Å²) in [7, 11) is 1.63. The van der Waals surface area contributed by atoms with Crippen molar-refractivity contribution in [3.8, 4) is 0 Å². The SMILES string of the molecule is CN(NN)C(N)=S. The summed E-state index contributed by atoms with van der Waals surface area (Å²) < 4.78 is 0. The first-order valence-electron chi connectivity index (χ1n) is 1.68. The average Bonchev–Trinajstić information content (AvgIpc) is 1.65. The molecule has 0 aromatic rings. The van der Waals surface area contributed by atoms with Crippen LogP contribution in [0.25, 0.3) is 0 Å². The minimum atomic E-state index is 0.225. The Labute approximate surface area is 47.4 Å². The monoisotopic (exact) mass is 120 g/mol. The molecule has 0 unspecified atom stereocenters. The van der Waals surface area contributed by atoms with Gasteiger partial charge in [-0.05, 0) is 12.2 Å². The Balaban J connectivity index is 3.34. The van der Waals surface area contributed by atoms with Gasteiger partial charge in [0.25, 0.3) is 0 Å². The lowest BCUT2D eigenvalue weighted by atomic mass is 11.0. The number of rotatable bonds is 1. The Morgan fingerprint density at radius 2 is 2.29 bits per heavy atom. The van der Waals surface area contributed by atoms with Gasteiger partial charge in [-0.2, -0.15) is 5.53 Å². The number of hydrogen-bond acceptors (Lipinski definition) is 3. The van der Waals surface area contributed by atoms with Gasteiger partial charge in [0.1, 0.15) is 0 Å². The maximum Gasteiger partial charge on any atom is 0.181 e. The maximum absolute atomic E-state index is 5.06. The van der Waals surface area contributed by atoms with Crippen molar-refractivity contribution >= 4 is 17.3 Å². The molecule has 5 heteroatoms. The highest BCUT2D eigenvalue weighted by molar-refractivity contribution is 7.80. The Hall–Kier alpha value is -0.390. The van der Waals surface area contributed by atoms with Gasteiger partial charge >= 0.3 is 0 Å². The van der Waals surface area contributed by atoms with E-state index in [1.807, 2.05) is 0 Å². The normalized spacial score (nSPS) is 8.29. The van der Waals surface area contributed by atoms with Crippen LogP contribution in [0.4, 0.5) is 0 Å². The second-order valence-electron chi connectivity index (χ2n) is 1.03. The molecule has 0 saturated carbocycles. The Morgan fingerprint density at radius 1 is 1.86 bits per heavy atom. The van der Waals surface area contributed by atoms with Crippen LogP contribution in [0.3, 0.4) is 0 Å². The summed E-state index contributed by atoms with van der Waals surface area (Å²) in [5.74, 6) is 4.88. The van der Waals surface area contributed by atoms with Crippen LogP contribution < -0.4 is 17.1 Å². The molecule has 7 heavy (non-hydrogen) atoms. The molecule has 0 aliphatic heterocycles. The number of nitrogens with two attached hydrogens (primary N) is 2. The van der Waals surface area contributed by atoms with Crippen LogP contribution in [0.15, 0.2) is 0 Å². The van der Waals surface area contributed by atoms with Gasteiger partial charge in [0.2, 0.25) is 0 Å².